The largest absolute Gasteiger partial charge is 0.465 e. The number of hydrogen-bond acceptors (Lipinski definition) is 5. The lowest BCUT2D eigenvalue weighted by Crippen LogP contribution is -2.06. The molecule has 2 rings (SSSR count). The minimum Gasteiger partial charge on any atom is -0.465 e. The number of nitrogen functional groups attached to an aromatic ring is 1. The Bertz CT molecular complexity index is 664. The van der Waals surface area contributed by atoms with E-state index in [9.17, 15) is 9.18 Å². The fraction of sp³-hybridized carbons (Fsp3) is 0.0769. The molecule has 20 heavy (non-hydrogen) atoms. The van der Waals surface area contributed by atoms with Crippen LogP contribution in [0.4, 0.5) is 10.1 Å². The van der Waals surface area contributed by atoms with Gasteiger partial charge in [0.1, 0.15) is 11.6 Å². The average molecular weight is 297 g/mol. The highest BCUT2D eigenvalue weighted by molar-refractivity contribution is 6.32. The zero-order chi connectivity index (χ0) is 14.7. The number of benzene rings is 1. The number of carbonyl (C=O) groups excluding carboxylic acids is 1. The van der Waals surface area contributed by atoms with Crippen LogP contribution in [0.3, 0.4) is 0 Å². The fourth-order valence-electron chi connectivity index (χ4n) is 1.46. The van der Waals surface area contributed by atoms with Gasteiger partial charge in [-0.1, -0.05) is 11.6 Å². The van der Waals surface area contributed by atoms with Gasteiger partial charge in [0.2, 0.25) is 5.88 Å². The van der Waals surface area contributed by atoms with Gasteiger partial charge in [-0.2, -0.15) is 0 Å². The molecule has 0 aliphatic heterocycles. The SMILES string of the molecule is COC(=O)c1cc(Oc2ccc(F)cc2Cl)ncc1N. The van der Waals surface area contributed by atoms with E-state index in [1.165, 1.54) is 31.5 Å². The van der Waals surface area contributed by atoms with Crippen molar-refractivity contribution in [3.63, 3.8) is 0 Å². The molecule has 0 atom stereocenters. The van der Waals surface area contributed by atoms with E-state index in [1.54, 1.807) is 0 Å². The van der Waals surface area contributed by atoms with Gasteiger partial charge in [-0.3, -0.25) is 0 Å². The monoisotopic (exact) mass is 296 g/mol. The Kier molecular flexibility index (Phi) is 4.05. The van der Waals surface area contributed by atoms with Crippen LogP contribution in [-0.4, -0.2) is 18.1 Å². The summed E-state index contributed by atoms with van der Waals surface area (Å²) in [6.07, 6.45) is 1.26. The molecular formula is C13H10ClFN2O3. The molecule has 0 saturated carbocycles. The fourth-order valence-corrected chi connectivity index (χ4v) is 1.67. The minimum atomic E-state index is -0.611. The van der Waals surface area contributed by atoms with E-state index in [0.29, 0.717) is 0 Å². The van der Waals surface area contributed by atoms with Crippen LogP contribution in [0.15, 0.2) is 30.5 Å². The number of pyridine rings is 1. The highest BCUT2D eigenvalue weighted by Crippen LogP contribution is 2.30. The standard InChI is InChI=1S/C13H10ClFN2O3/c1-19-13(18)8-5-12(17-6-10(8)16)20-11-3-2-7(15)4-9(11)14/h2-6H,16H2,1H3. The third kappa shape index (κ3) is 2.97. The van der Waals surface area contributed by atoms with Crippen molar-refractivity contribution >= 4 is 23.3 Å². The highest BCUT2D eigenvalue weighted by atomic mass is 35.5. The number of aromatic nitrogens is 1. The van der Waals surface area contributed by atoms with Crippen LogP contribution in [0.25, 0.3) is 0 Å². The van der Waals surface area contributed by atoms with Gasteiger partial charge in [0.25, 0.3) is 0 Å². The molecule has 0 radical (unpaired) electrons. The van der Waals surface area contributed by atoms with E-state index < -0.39 is 11.8 Å². The predicted molar refractivity (Wildman–Crippen MR) is 71.5 cm³/mol. The van der Waals surface area contributed by atoms with Gasteiger partial charge >= 0.3 is 5.97 Å². The van der Waals surface area contributed by atoms with Crippen molar-refractivity contribution in [2.45, 2.75) is 0 Å². The van der Waals surface area contributed by atoms with Gasteiger partial charge in [-0.15, -0.1) is 0 Å². The summed E-state index contributed by atoms with van der Waals surface area (Å²) in [5.41, 5.74) is 5.90. The topological polar surface area (TPSA) is 74.4 Å². The molecule has 5 nitrogen and oxygen atoms in total. The molecule has 0 amide bonds. The zero-order valence-electron chi connectivity index (χ0n) is 10.4. The summed E-state index contributed by atoms with van der Waals surface area (Å²) in [7, 11) is 1.24. The van der Waals surface area contributed by atoms with Gasteiger partial charge in [0.05, 0.1) is 29.6 Å². The second-order valence-corrected chi connectivity index (χ2v) is 4.19. The normalized spacial score (nSPS) is 10.2. The lowest BCUT2D eigenvalue weighted by Gasteiger charge is -2.09. The maximum atomic E-state index is 12.9. The van der Waals surface area contributed by atoms with E-state index >= 15 is 0 Å². The molecule has 1 heterocycles. The van der Waals surface area contributed by atoms with Gasteiger partial charge < -0.3 is 15.2 Å². The van der Waals surface area contributed by atoms with Crippen molar-refractivity contribution < 1.29 is 18.7 Å². The van der Waals surface area contributed by atoms with Crippen LogP contribution in [0, 0.1) is 5.82 Å². The maximum absolute atomic E-state index is 12.9. The Labute approximate surface area is 119 Å². The van der Waals surface area contributed by atoms with Gasteiger partial charge in [-0.05, 0) is 18.2 Å². The van der Waals surface area contributed by atoms with Crippen LogP contribution >= 0.6 is 11.6 Å². The summed E-state index contributed by atoms with van der Waals surface area (Å²) >= 11 is 5.83. The highest BCUT2D eigenvalue weighted by Gasteiger charge is 2.13. The van der Waals surface area contributed by atoms with Crippen LogP contribution in [-0.2, 0) is 4.74 Å². The quantitative estimate of drug-likeness (QED) is 0.881. The second kappa shape index (κ2) is 5.75. The number of ether oxygens (including phenoxy) is 2. The lowest BCUT2D eigenvalue weighted by atomic mass is 10.2. The first-order valence-electron chi connectivity index (χ1n) is 5.48. The molecule has 2 aromatic rings. The minimum absolute atomic E-state index is 0.0863. The first kappa shape index (κ1) is 14.1. The van der Waals surface area contributed by atoms with E-state index in [0.717, 1.165) is 6.07 Å². The first-order chi connectivity index (χ1) is 9.51. The Morgan fingerprint density at radius 2 is 2.15 bits per heavy atom. The van der Waals surface area contributed by atoms with Crippen LogP contribution in [0.1, 0.15) is 10.4 Å². The van der Waals surface area contributed by atoms with Gasteiger partial charge in [0.15, 0.2) is 0 Å². The third-order valence-electron chi connectivity index (χ3n) is 2.42. The van der Waals surface area contributed by atoms with Crippen molar-refractivity contribution in [1.82, 2.24) is 4.98 Å². The molecule has 0 aliphatic rings. The third-order valence-corrected chi connectivity index (χ3v) is 2.72. The summed E-state index contributed by atoms with van der Waals surface area (Å²) in [6, 6.07) is 4.98. The molecule has 0 fully saturated rings. The number of rotatable bonds is 3. The van der Waals surface area contributed by atoms with E-state index in [4.69, 9.17) is 22.1 Å². The predicted octanol–water partition coefficient (Wildman–Crippen LogP) is 3.04. The number of carbonyl (C=O) groups is 1. The number of hydrogen-bond donors (Lipinski definition) is 1. The second-order valence-electron chi connectivity index (χ2n) is 3.78. The molecule has 1 aromatic heterocycles. The van der Waals surface area contributed by atoms with Crippen LogP contribution in [0.2, 0.25) is 5.02 Å². The number of halogens is 2. The Hall–Kier alpha value is -2.34. The number of esters is 1. The molecule has 0 unspecified atom stereocenters. The molecule has 1 aromatic carbocycles. The first-order valence-corrected chi connectivity index (χ1v) is 5.86. The van der Waals surface area contributed by atoms with Crippen molar-refractivity contribution in [3.8, 4) is 11.6 Å². The molecule has 104 valence electrons. The molecule has 7 heteroatoms. The lowest BCUT2D eigenvalue weighted by molar-refractivity contribution is 0.0601. The Morgan fingerprint density at radius 1 is 1.40 bits per heavy atom. The number of anilines is 1. The molecule has 0 bridgehead atoms. The van der Waals surface area contributed by atoms with E-state index in [-0.39, 0.29) is 27.9 Å². The van der Waals surface area contributed by atoms with Crippen molar-refractivity contribution in [1.29, 1.82) is 0 Å². The summed E-state index contributed by atoms with van der Waals surface area (Å²) in [5.74, 6) is -0.794. The van der Waals surface area contributed by atoms with Gasteiger partial charge in [-0.25, -0.2) is 14.2 Å². The van der Waals surface area contributed by atoms with Crippen molar-refractivity contribution in [3.05, 3.63) is 46.9 Å². The average Bonchev–Trinajstić information content (AvgIpc) is 2.43. The van der Waals surface area contributed by atoms with E-state index in [1.807, 2.05) is 0 Å². The van der Waals surface area contributed by atoms with Crippen molar-refractivity contribution in [2.24, 2.45) is 0 Å². The Balaban J connectivity index is 2.32. The van der Waals surface area contributed by atoms with Gasteiger partial charge in [0, 0.05) is 6.07 Å². The Morgan fingerprint density at radius 3 is 2.80 bits per heavy atom. The van der Waals surface area contributed by atoms with Crippen molar-refractivity contribution in [2.75, 3.05) is 12.8 Å². The number of nitrogens with zero attached hydrogens (tertiary/aromatic N) is 1. The zero-order valence-corrected chi connectivity index (χ0v) is 11.1. The smallest absolute Gasteiger partial charge is 0.340 e. The number of nitrogens with two attached hydrogens (primary N) is 1. The summed E-state index contributed by atoms with van der Waals surface area (Å²) < 4.78 is 22.9. The maximum Gasteiger partial charge on any atom is 0.340 e. The molecular weight excluding hydrogens is 287 g/mol. The molecule has 0 spiro atoms. The summed E-state index contributed by atoms with van der Waals surface area (Å²) in [5, 5.41) is 0.0863. The van der Waals surface area contributed by atoms with E-state index in [2.05, 4.69) is 9.72 Å². The molecule has 0 saturated heterocycles. The number of methoxy groups -OCH3 is 1. The summed E-state index contributed by atoms with van der Waals surface area (Å²) in [6.45, 7) is 0. The summed E-state index contributed by atoms with van der Waals surface area (Å²) in [4.78, 5) is 15.4. The molecule has 2 N–H and O–H groups in total. The molecule has 0 aliphatic carbocycles. The van der Waals surface area contributed by atoms with Crippen LogP contribution in [0.5, 0.6) is 11.6 Å². The van der Waals surface area contributed by atoms with Crippen LogP contribution < -0.4 is 10.5 Å².